The first-order valence-electron chi connectivity index (χ1n) is 11.9. The summed E-state index contributed by atoms with van der Waals surface area (Å²) < 4.78 is 5.52. The second-order valence-corrected chi connectivity index (χ2v) is 12.8. The Hall–Kier alpha value is -0.990. The average molecular weight is 432 g/mol. The zero-order chi connectivity index (χ0) is 22.1. The van der Waals surface area contributed by atoms with Crippen LogP contribution in [0.5, 0.6) is 0 Å². The van der Waals surface area contributed by atoms with Gasteiger partial charge in [-0.1, -0.05) is 32.9 Å². The molecule has 2 spiro atoms. The molecule has 9 fully saturated rings. The second-order valence-electron chi connectivity index (χ2n) is 12.8. The first-order valence-corrected chi connectivity index (χ1v) is 11.9. The first kappa shape index (κ1) is 19.5. The Morgan fingerprint density at radius 1 is 1.26 bits per heavy atom. The number of piperidine rings is 2. The van der Waals surface area contributed by atoms with Gasteiger partial charge in [-0.05, 0) is 19.3 Å². The first-order chi connectivity index (χ1) is 14.4. The molecule has 0 aromatic carbocycles. The molecule has 3 N–H and O–H groups in total. The fourth-order valence-electron chi connectivity index (χ4n) is 11.4. The minimum Gasteiger partial charge on any atom is -0.632 e. The summed E-state index contributed by atoms with van der Waals surface area (Å²) in [5, 5.41) is 49.8. The van der Waals surface area contributed by atoms with E-state index < -0.39 is 45.2 Å². The number of ether oxygens (including phenoxy) is 1. The molecule has 170 valence electrons. The van der Waals surface area contributed by atoms with Crippen LogP contribution in [0.15, 0.2) is 12.2 Å². The highest BCUT2D eigenvalue weighted by Gasteiger charge is 2.99. The summed E-state index contributed by atoms with van der Waals surface area (Å²) in [5.74, 6) is -1.24. The smallest absolute Gasteiger partial charge is 0.308 e. The maximum absolute atomic E-state index is 14.6. The molecule has 3 heterocycles. The zero-order valence-electron chi connectivity index (χ0n) is 18.5. The van der Waals surface area contributed by atoms with E-state index in [1.165, 1.54) is 0 Å². The Balaban J connectivity index is 1.45. The number of fused-ring (bicyclic) bond motifs is 1. The van der Waals surface area contributed by atoms with Gasteiger partial charge >= 0.3 is 5.97 Å². The largest absolute Gasteiger partial charge is 0.632 e. The van der Waals surface area contributed by atoms with Crippen LogP contribution >= 0.6 is 0 Å². The molecule has 9 rings (SSSR count). The Morgan fingerprint density at radius 3 is 2.65 bits per heavy atom. The molecule has 0 aromatic rings. The van der Waals surface area contributed by atoms with Gasteiger partial charge in [0.05, 0.1) is 30.7 Å². The molecule has 31 heavy (non-hydrogen) atoms. The van der Waals surface area contributed by atoms with E-state index in [2.05, 4.69) is 13.5 Å². The van der Waals surface area contributed by atoms with Gasteiger partial charge in [0.2, 0.25) is 0 Å². The second kappa shape index (κ2) is 4.92. The number of hydrogen-bond donors (Lipinski definition) is 3. The molecule has 3 saturated heterocycles. The van der Waals surface area contributed by atoms with E-state index in [9.17, 15) is 25.3 Å². The highest BCUT2D eigenvalue weighted by Crippen LogP contribution is 2.89. The molecule has 9 bridgehead atoms. The van der Waals surface area contributed by atoms with Gasteiger partial charge in [-0.25, -0.2) is 0 Å². The van der Waals surface area contributed by atoms with Crippen LogP contribution in [-0.2, 0) is 9.53 Å². The summed E-state index contributed by atoms with van der Waals surface area (Å²) in [5.41, 5.74) is -2.31. The molecule has 7 nitrogen and oxygen atoms in total. The Labute approximate surface area is 182 Å². The van der Waals surface area contributed by atoms with Crippen molar-refractivity contribution < 1.29 is 29.5 Å². The summed E-state index contributed by atoms with van der Waals surface area (Å²) >= 11 is 0. The quantitative estimate of drug-likeness (QED) is 0.261. The Morgan fingerprint density at radius 2 is 1.97 bits per heavy atom. The monoisotopic (exact) mass is 431 g/mol. The van der Waals surface area contributed by atoms with Crippen molar-refractivity contribution in [3.8, 4) is 0 Å². The van der Waals surface area contributed by atoms with Gasteiger partial charge in [0.15, 0.2) is 0 Å². The van der Waals surface area contributed by atoms with Crippen LogP contribution in [0.25, 0.3) is 0 Å². The molecule has 0 aromatic heterocycles. The molecule has 9 aliphatic rings. The minimum atomic E-state index is -1.51. The number of hydrogen-bond acceptors (Lipinski definition) is 6. The number of nitrogens with zero attached hydrogens (tertiary/aromatic N) is 1. The molecule has 0 radical (unpaired) electrons. The lowest BCUT2D eigenvalue weighted by atomic mass is 9.39. The van der Waals surface area contributed by atoms with Crippen LogP contribution in [-0.4, -0.2) is 68.5 Å². The van der Waals surface area contributed by atoms with Crippen LogP contribution < -0.4 is 0 Å². The number of aliphatic hydroxyl groups is 3. The predicted octanol–water partition coefficient (Wildman–Crippen LogP) is 1.10. The van der Waals surface area contributed by atoms with Crippen molar-refractivity contribution in [2.75, 3.05) is 6.54 Å². The van der Waals surface area contributed by atoms with E-state index in [-0.39, 0.29) is 41.3 Å². The molecule has 3 aliphatic heterocycles. The van der Waals surface area contributed by atoms with Gasteiger partial charge in [-0.15, -0.1) is 0 Å². The summed E-state index contributed by atoms with van der Waals surface area (Å²) in [6.45, 7) is 10.3. The number of esters is 1. The number of carbonyl (C=O) groups is 1. The molecular weight excluding hydrogens is 398 g/mol. The average Bonchev–Trinajstić information content (AvgIpc) is 2.99. The number of quaternary nitrogens is 1. The van der Waals surface area contributed by atoms with Crippen molar-refractivity contribution in [3.63, 3.8) is 0 Å². The fourth-order valence-corrected chi connectivity index (χ4v) is 11.4. The van der Waals surface area contributed by atoms with Gasteiger partial charge in [-0.3, -0.25) is 4.79 Å². The number of rotatable bonds is 2. The van der Waals surface area contributed by atoms with Crippen LogP contribution in [0.4, 0.5) is 0 Å². The molecule has 7 heteroatoms. The van der Waals surface area contributed by atoms with Gasteiger partial charge in [0, 0.05) is 40.4 Å². The third kappa shape index (κ3) is 1.57. The molecule has 6 aliphatic carbocycles. The van der Waals surface area contributed by atoms with Crippen molar-refractivity contribution in [1.82, 2.24) is 0 Å². The van der Waals surface area contributed by atoms with Gasteiger partial charge in [0.25, 0.3) is 0 Å². The van der Waals surface area contributed by atoms with E-state index in [0.29, 0.717) is 32.2 Å². The molecule has 6 saturated carbocycles. The van der Waals surface area contributed by atoms with Crippen LogP contribution in [0.1, 0.15) is 46.5 Å². The number of hydroxylamine groups is 3. The van der Waals surface area contributed by atoms with Crippen LogP contribution in [0, 0.1) is 45.1 Å². The topological polar surface area (TPSA) is 110 Å². The summed E-state index contributed by atoms with van der Waals surface area (Å²) in [7, 11) is 0. The zero-order valence-corrected chi connectivity index (χ0v) is 18.5. The fraction of sp³-hybridized carbons (Fsp3) is 0.875. The highest BCUT2D eigenvalue weighted by atomic mass is 16.6. The lowest BCUT2D eigenvalue weighted by molar-refractivity contribution is -0.929. The molecule has 13 atom stereocenters. The third-order valence-corrected chi connectivity index (χ3v) is 11.3. The number of aliphatic hydroxyl groups excluding tert-OH is 2. The van der Waals surface area contributed by atoms with Crippen LogP contribution in [0.3, 0.4) is 0 Å². The summed E-state index contributed by atoms with van der Waals surface area (Å²) in [6.07, 6.45) is -0.0239. The van der Waals surface area contributed by atoms with Gasteiger partial charge in [0.1, 0.15) is 17.7 Å². The predicted molar refractivity (Wildman–Crippen MR) is 109 cm³/mol. The van der Waals surface area contributed by atoms with Gasteiger partial charge < -0.3 is 29.9 Å². The van der Waals surface area contributed by atoms with Crippen molar-refractivity contribution >= 4 is 5.97 Å². The van der Waals surface area contributed by atoms with Crippen molar-refractivity contribution in [2.45, 2.75) is 82.5 Å². The third-order valence-electron chi connectivity index (χ3n) is 11.3. The van der Waals surface area contributed by atoms with E-state index >= 15 is 0 Å². The maximum atomic E-state index is 14.6. The van der Waals surface area contributed by atoms with Gasteiger partial charge in [-0.2, -0.15) is 0 Å². The Bertz CT molecular complexity index is 952. The highest BCUT2D eigenvalue weighted by molar-refractivity contribution is 5.71. The lowest BCUT2D eigenvalue weighted by Crippen LogP contribution is -2.79. The van der Waals surface area contributed by atoms with E-state index in [1.54, 1.807) is 0 Å². The van der Waals surface area contributed by atoms with E-state index in [0.717, 1.165) is 5.57 Å². The SMILES string of the molecule is C=C1C[C@]23C[C@H]4[C@@H]5[C@@]6(C)C[C@H](OC(=O)C(C)C)C[C@]57C(C2(O)C(O)[C@H]1[C@@H](O)[C@@H]73)[N+]4([O-])C6. The maximum Gasteiger partial charge on any atom is 0.308 e. The van der Waals surface area contributed by atoms with Crippen molar-refractivity contribution in [1.29, 1.82) is 0 Å². The molecule has 4 unspecified atom stereocenters. The molecular formula is C24H33NO6. The summed E-state index contributed by atoms with van der Waals surface area (Å²) in [6, 6.07) is -0.778. The van der Waals surface area contributed by atoms with Crippen LogP contribution in [0.2, 0.25) is 0 Å². The van der Waals surface area contributed by atoms with Crippen molar-refractivity contribution in [3.05, 3.63) is 17.4 Å². The minimum absolute atomic E-state index is 0.0793. The molecule has 0 amide bonds. The standard InChI is InChI=1S/C24H33NO6/c1-10(2)19(28)31-12-6-21(4)9-25(30)13-8-22-5-11(3)14-15(26)17(22)23(7-12,16(13)21)20(25)24(22,29)18(14)27/h10,12-18,20,26-27,29H,3,5-9H2,1-2,4H3/t12-,13-,14+,15+,16+,17+,18?,20?,21-,22+,23-,24?,25?/m0/s1. The van der Waals surface area contributed by atoms with E-state index in [1.807, 2.05) is 13.8 Å². The van der Waals surface area contributed by atoms with Crippen molar-refractivity contribution in [2.24, 2.45) is 39.9 Å². The Kier molecular flexibility index (Phi) is 3.09. The summed E-state index contributed by atoms with van der Waals surface area (Å²) in [4.78, 5) is 12.5. The van der Waals surface area contributed by atoms with E-state index in [4.69, 9.17) is 4.74 Å². The number of carbonyl (C=O) groups excluding carboxylic acids is 1. The normalized spacial score (nSPS) is 66.4. The lowest BCUT2D eigenvalue weighted by Gasteiger charge is -2.68.